The van der Waals surface area contributed by atoms with Crippen LogP contribution in [-0.2, 0) is 11.2 Å². The van der Waals surface area contributed by atoms with Gasteiger partial charge in [-0.05, 0) is 109 Å². The number of halogens is 1. The first-order valence-electron chi connectivity index (χ1n) is 11.4. The number of rotatable bonds is 3. The fourth-order valence-corrected chi connectivity index (χ4v) is 7.79. The molecule has 156 valence electrons. The van der Waals surface area contributed by atoms with Crippen LogP contribution in [0.3, 0.4) is 0 Å². The Bertz CT molecular complexity index is 859. The quantitative estimate of drug-likeness (QED) is 0.525. The van der Waals surface area contributed by atoms with Gasteiger partial charge in [0.05, 0.1) is 10.7 Å². The highest BCUT2D eigenvalue weighted by Gasteiger charge is 2.53. The van der Waals surface area contributed by atoms with Crippen LogP contribution in [0.25, 0.3) is 5.57 Å². The van der Waals surface area contributed by atoms with Crippen LogP contribution in [-0.4, -0.2) is 19.9 Å². The maximum absolute atomic E-state index is 13.8. The lowest BCUT2D eigenvalue weighted by atomic mass is 9.48. The van der Waals surface area contributed by atoms with Crippen molar-refractivity contribution in [2.75, 3.05) is 19.0 Å². The van der Waals surface area contributed by atoms with E-state index in [1.165, 1.54) is 36.0 Å². The summed E-state index contributed by atoms with van der Waals surface area (Å²) in [6, 6.07) is 4.35. The number of hydrogen-bond acceptors (Lipinski definition) is 2. The molecule has 1 aromatic rings. The molecule has 0 aliphatic heterocycles. The molecule has 0 atom stereocenters. The number of carbonyl (C=O) groups excluding carboxylic acids is 1. The Morgan fingerprint density at radius 1 is 1.03 bits per heavy atom. The van der Waals surface area contributed by atoms with Crippen molar-refractivity contribution in [2.45, 2.75) is 65.2 Å². The van der Waals surface area contributed by atoms with E-state index in [-0.39, 0.29) is 10.8 Å². The van der Waals surface area contributed by atoms with Crippen molar-refractivity contribution in [2.24, 2.45) is 28.6 Å². The van der Waals surface area contributed by atoms with Gasteiger partial charge in [-0.1, -0.05) is 25.4 Å². The van der Waals surface area contributed by atoms with Gasteiger partial charge < -0.3 is 4.90 Å². The molecule has 0 saturated heterocycles. The van der Waals surface area contributed by atoms with Gasteiger partial charge in [-0.25, -0.2) is 0 Å². The summed E-state index contributed by atoms with van der Waals surface area (Å²) >= 11 is 6.59. The molecule has 6 rings (SSSR count). The van der Waals surface area contributed by atoms with Gasteiger partial charge in [-0.15, -0.1) is 0 Å². The van der Waals surface area contributed by atoms with Gasteiger partial charge in [0.25, 0.3) is 0 Å². The lowest BCUT2D eigenvalue weighted by Crippen LogP contribution is -2.49. The van der Waals surface area contributed by atoms with Gasteiger partial charge in [-0.3, -0.25) is 4.79 Å². The molecule has 1 aromatic carbocycles. The van der Waals surface area contributed by atoms with Crippen LogP contribution in [0.4, 0.5) is 5.69 Å². The molecule has 3 heteroatoms. The van der Waals surface area contributed by atoms with E-state index in [0.29, 0.717) is 5.78 Å². The summed E-state index contributed by atoms with van der Waals surface area (Å²) < 4.78 is 0. The molecular formula is C26H34ClNO. The van der Waals surface area contributed by atoms with Crippen LogP contribution in [0.1, 0.15) is 69.9 Å². The molecule has 29 heavy (non-hydrogen) atoms. The zero-order valence-corrected chi connectivity index (χ0v) is 19.1. The van der Waals surface area contributed by atoms with Crippen molar-refractivity contribution in [3.05, 3.63) is 34.4 Å². The first-order valence-corrected chi connectivity index (χ1v) is 11.8. The number of hydrogen-bond donors (Lipinski definition) is 0. The largest absolute Gasteiger partial charge is 0.376 e. The summed E-state index contributed by atoms with van der Waals surface area (Å²) in [5.41, 5.74) is 4.91. The molecule has 0 aromatic heterocycles. The van der Waals surface area contributed by atoms with Crippen molar-refractivity contribution in [1.29, 1.82) is 0 Å². The number of fused-ring (bicyclic) bond motifs is 1. The first-order chi connectivity index (χ1) is 13.6. The van der Waals surface area contributed by atoms with E-state index in [2.05, 4.69) is 37.0 Å². The molecular weight excluding hydrogens is 378 g/mol. The first kappa shape index (κ1) is 19.7. The second-order valence-corrected chi connectivity index (χ2v) is 12.0. The van der Waals surface area contributed by atoms with Crippen LogP contribution in [0.15, 0.2) is 18.2 Å². The molecule has 0 heterocycles. The number of allylic oxidation sites excluding steroid dienone is 2. The fourth-order valence-electron chi connectivity index (χ4n) is 7.43. The Kier molecular flexibility index (Phi) is 4.48. The zero-order valence-electron chi connectivity index (χ0n) is 18.4. The van der Waals surface area contributed by atoms with Crippen molar-refractivity contribution in [3.63, 3.8) is 0 Å². The molecule has 0 radical (unpaired) electrons. The van der Waals surface area contributed by atoms with Crippen molar-refractivity contribution < 1.29 is 4.79 Å². The van der Waals surface area contributed by atoms with Crippen LogP contribution in [0, 0.1) is 28.6 Å². The molecule has 4 saturated carbocycles. The third-order valence-corrected chi connectivity index (χ3v) is 8.51. The van der Waals surface area contributed by atoms with Crippen LogP contribution >= 0.6 is 11.6 Å². The van der Waals surface area contributed by atoms with E-state index in [1.807, 2.05) is 14.1 Å². The van der Waals surface area contributed by atoms with Crippen LogP contribution in [0.2, 0.25) is 5.02 Å². The number of ketones is 1. The average Bonchev–Trinajstić information content (AvgIpc) is 2.58. The highest BCUT2D eigenvalue weighted by Crippen LogP contribution is 2.60. The molecule has 2 nitrogen and oxygen atoms in total. The smallest absolute Gasteiger partial charge is 0.162 e. The molecule has 0 amide bonds. The zero-order chi connectivity index (χ0) is 20.6. The second-order valence-electron chi connectivity index (χ2n) is 11.6. The molecule has 5 aliphatic carbocycles. The normalized spacial score (nSPS) is 35.6. The van der Waals surface area contributed by atoms with Gasteiger partial charge >= 0.3 is 0 Å². The second kappa shape index (κ2) is 6.61. The highest BCUT2D eigenvalue weighted by atomic mass is 35.5. The van der Waals surface area contributed by atoms with E-state index in [9.17, 15) is 4.79 Å². The van der Waals surface area contributed by atoms with Crippen LogP contribution < -0.4 is 4.90 Å². The maximum Gasteiger partial charge on any atom is 0.162 e. The van der Waals surface area contributed by atoms with Gasteiger partial charge in [0, 0.05) is 19.5 Å². The summed E-state index contributed by atoms with van der Waals surface area (Å²) in [6.07, 6.45) is 11.6. The lowest BCUT2D eigenvalue weighted by Gasteiger charge is -2.55. The topological polar surface area (TPSA) is 20.3 Å². The number of nitrogens with zero attached hydrogens (tertiary/aromatic N) is 1. The SMILES string of the molecule is CN(C)c1cc2c(cc1Cl)CC(C)(C)C/C2=C\C(=O)C12CC3CC(CC(C3)C1)C2. The summed E-state index contributed by atoms with van der Waals surface area (Å²) in [6.45, 7) is 4.62. The van der Waals surface area contributed by atoms with Crippen molar-refractivity contribution >= 4 is 28.6 Å². The molecule has 0 unspecified atom stereocenters. The minimum Gasteiger partial charge on any atom is -0.376 e. The number of anilines is 1. The van der Waals surface area contributed by atoms with E-state index in [0.717, 1.165) is 60.6 Å². The van der Waals surface area contributed by atoms with Crippen LogP contribution in [0.5, 0.6) is 0 Å². The monoisotopic (exact) mass is 411 g/mol. The standard InChI is InChI=1S/C26H34ClNO/c1-25(2)14-19-8-22(27)23(28(3)4)10-21(19)20(15-25)9-24(29)26-11-16-5-17(12-26)7-18(6-16)13-26/h8-10,16-18H,5-7,11-15H2,1-4H3/b20-9+. The predicted octanol–water partition coefficient (Wildman–Crippen LogP) is 6.55. The van der Waals surface area contributed by atoms with Gasteiger partial charge in [-0.2, -0.15) is 0 Å². The Balaban J connectivity index is 1.54. The number of benzene rings is 1. The molecule has 4 bridgehead atoms. The molecule has 4 fully saturated rings. The predicted molar refractivity (Wildman–Crippen MR) is 121 cm³/mol. The maximum atomic E-state index is 13.8. The summed E-state index contributed by atoms with van der Waals surface area (Å²) in [7, 11) is 4.06. The fraction of sp³-hybridized carbons (Fsp3) is 0.654. The Hall–Kier alpha value is -1.28. The van der Waals surface area contributed by atoms with E-state index in [4.69, 9.17) is 11.6 Å². The Morgan fingerprint density at radius 2 is 1.62 bits per heavy atom. The minimum absolute atomic E-state index is 0.0553. The average molecular weight is 412 g/mol. The van der Waals surface area contributed by atoms with Crippen molar-refractivity contribution in [3.8, 4) is 0 Å². The van der Waals surface area contributed by atoms with E-state index < -0.39 is 0 Å². The van der Waals surface area contributed by atoms with E-state index in [1.54, 1.807) is 0 Å². The molecule has 0 N–H and O–H groups in total. The van der Waals surface area contributed by atoms with Crippen molar-refractivity contribution in [1.82, 2.24) is 0 Å². The summed E-state index contributed by atoms with van der Waals surface area (Å²) in [5, 5.41) is 0.804. The summed E-state index contributed by atoms with van der Waals surface area (Å²) in [5.74, 6) is 2.84. The van der Waals surface area contributed by atoms with Gasteiger partial charge in [0.2, 0.25) is 0 Å². The highest BCUT2D eigenvalue weighted by molar-refractivity contribution is 6.33. The lowest BCUT2D eigenvalue weighted by molar-refractivity contribution is -0.138. The van der Waals surface area contributed by atoms with Gasteiger partial charge in [0.1, 0.15) is 0 Å². The molecule has 5 aliphatic rings. The third-order valence-electron chi connectivity index (χ3n) is 8.20. The van der Waals surface area contributed by atoms with E-state index >= 15 is 0 Å². The minimum atomic E-state index is -0.0553. The Labute approximate surface area is 180 Å². The van der Waals surface area contributed by atoms with Gasteiger partial charge in [0.15, 0.2) is 5.78 Å². The third kappa shape index (κ3) is 3.36. The number of carbonyl (C=O) groups is 1. The summed E-state index contributed by atoms with van der Waals surface area (Å²) in [4.78, 5) is 15.8. The molecule has 0 spiro atoms. The Morgan fingerprint density at radius 3 is 2.17 bits per heavy atom.